The number of benzene rings is 1. The van der Waals surface area contributed by atoms with Crippen LogP contribution in [0.3, 0.4) is 0 Å². The zero-order chi connectivity index (χ0) is 19.9. The van der Waals surface area contributed by atoms with Crippen LogP contribution in [-0.2, 0) is 12.8 Å². The molecule has 4 aliphatic carbocycles. The summed E-state index contributed by atoms with van der Waals surface area (Å²) in [6.45, 7) is 0. The van der Waals surface area contributed by atoms with Crippen molar-refractivity contribution in [3.05, 3.63) is 59.7 Å². The molecule has 0 saturated heterocycles. The van der Waals surface area contributed by atoms with Crippen LogP contribution in [0.25, 0.3) is 0 Å². The van der Waals surface area contributed by atoms with Gasteiger partial charge in [0, 0.05) is 11.8 Å². The lowest BCUT2D eigenvalue weighted by Gasteiger charge is -2.31. The molecule has 8 unspecified atom stereocenters. The zero-order valence-electron chi connectivity index (χ0n) is 15.0. The Hall–Kier alpha value is 0.440. The minimum absolute atomic E-state index is 0.102. The Balaban J connectivity index is 1.36. The highest BCUT2D eigenvalue weighted by atomic mass is 35.5. The van der Waals surface area contributed by atoms with Crippen LogP contribution in [0.1, 0.15) is 24.0 Å². The highest BCUT2D eigenvalue weighted by Crippen LogP contribution is 2.60. The molecule has 28 heavy (non-hydrogen) atoms. The van der Waals surface area contributed by atoms with E-state index in [0.717, 1.165) is 12.8 Å². The monoisotopic (exact) mass is 494 g/mol. The summed E-state index contributed by atoms with van der Waals surface area (Å²) in [6, 6.07) is 8.56. The summed E-state index contributed by atoms with van der Waals surface area (Å²) in [4.78, 5) is -1.95. The second-order valence-electron chi connectivity index (χ2n) is 8.97. The summed E-state index contributed by atoms with van der Waals surface area (Å²) in [5, 5.41) is -0.351. The van der Waals surface area contributed by atoms with Gasteiger partial charge in [-0.15, -0.1) is 69.6 Å². The zero-order valence-corrected chi connectivity index (χ0v) is 19.6. The minimum Gasteiger partial charge on any atom is -0.120 e. The Kier molecular flexibility index (Phi) is 4.70. The van der Waals surface area contributed by atoms with Crippen LogP contribution in [0.5, 0.6) is 0 Å². The Labute approximate surface area is 196 Å². The average Bonchev–Trinajstić information content (AvgIpc) is 3.25. The molecule has 4 bridgehead atoms. The molecular formula is C22H20Cl6. The normalized spacial score (nSPS) is 50.8. The van der Waals surface area contributed by atoms with Gasteiger partial charge in [0.2, 0.25) is 0 Å². The number of halogens is 6. The van der Waals surface area contributed by atoms with Crippen molar-refractivity contribution in [1.29, 1.82) is 0 Å². The largest absolute Gasteiger partial charge is 0.120 e. The highest BCUT2D eigenvalue weighted by molar-refractivity contribution is 6.39. The first-order valence-electron chi connectivity index (χ1n) is 9.59. The molecule has 8 atom stereocenters. The molecule has 0 N–H and O–H groups in total. The third-order valence-corrected chi connectivity index (χ3v) is 10.8. The molecule has 0 amide bonds. The SMILES string of the molecule is ClC1C(Cc2cccc(CC3C(Cl)C4(Cl)C=CC3(Cl)C4)c2)C2(Cl)C=CC1(Cl)C2. The molecule has 0 radical (unpaired) electrons. The molecule has 0 aliphatic heterocycles. The molecule has 0 nitrogen and oxygen atoms in total. The predicted octanol–water partition coefficient (Wildman–Crippen LogP) is 7.08. The lowest BCUT2D eigenvalue weighted by Crippen LogP contribution is -2.35. The first-order chi connectivity index (χ1) is 13.1. The molecular weight excluding hydrogens is 477 g/mol. The molecule has 2 saturated carbocycles. The van der Waals surface area contributed by atoms with Crippen molar-refractivity contribution >= 4 is 69.6 Å². The highest BCUT2D eigenvalue weighted by Gasteiger charge is 2.62. The van der Waals surface area contributed by atoms with E-state index in [4.69, 9.17) is 69.6 Å². The molecule has 150 valence electrons. The molecule has 4 aliphatic rings. The number of fused-ring (bicyclic) bond motifs is 4. The molecule has 0 spiro atoms. The number of hydrogen-bond acceptors (Lipinski definition) is 0. The van der Waals surface area contributed by atoms with Crippen LogP contribution in [0.15, 0.2) is 48.6 Å². The summed E-state index contributed by atoms with van der Waals surface area (Å²) in [5.41, 5.74) is 2.42. The smallest absolute Gasteiger partial charge is 0.0813 e. The van der Waals surface area contributed by atoms with E-state index in [0.29, 0.717) is 12.8 Å². The van der Waals surface area contributed by atoms with E-state index >= 15 is 0 Å². The fourth-order valence-electron chi connectivity index (χ4n) is 5.60. The van der Waals surface area contributed by atoms with Gasteiger partial charge in [0.1, 0.15) is 0 Å². The summed E-state index contributed by atoms with van der Waals surface area (Å²) < 4.78 is 0. The lowest BCUT2D eigenvalue weighted by molar-refractivity contribution is 0.473. The second-order valence-corrected chi connectivity index (χ2v) is 12.7. The van der Waals surface area contributed by atoms with Gasteiger partial charge in [0.25, 0.3) is 0 Å². The van der Waals surface area contributed by atoms with E-state index in [9.17, 15) is 0 Å². The van der Waals surface area contributed by atoms with Gasteiger partial charge in [0.05, 0.1) is 30.3 Å². The fraction of sp³-hybridized carbons (Fsp3) is 0.545. The van der Waals surface area contributed by atoms with E-state index < -0.39 is 19.5 Å². The average molecular weight is 497 g/mol. The van der Waals surface area contributed by atoms with Crippen LogP contribution < -0.4 is 0 Å². The van der Waals surface area contributed by atoms with Crippen molar-refractivity contribution in [3.8, 4) is 0 Å². The van der Waals surface area contributed by atoms with Gasteiger partial charge in [-0.25, -0.2) is 0 Å². The maximum absolute atomic E-state index is 6.86. The maximum Gasteiger partial charge on any atom is 0.0813 e. The van der Waals surface area contributed by atoms with Crippen molar-refractivity contribution in [1.82, 2.24) is 0 Å². The summed E-state index contributed by atoms with van der Waals surface area (Å²) in [7, 11) is 0. The Morgan fingerprint density at radius 3 is 1.43 bits per heavy atom. The van der Waals surface area contributed by atoms with Crippen LogP contribution in [-0.4, -0.2) is 30.3 Å². The molecule has 1 aromatic carbocycles. The minimum atomic E-state index is -0.521. The molecule has 1 aromatic rings. The number of rotatable bonds is 4. The number of allylic oxidation sites excluding steroid dienone is 4. The van der Waals surface area contributed by atoms with Crippen molar-refractivity contribution < 1.29 is 0 Å². The van der Waals surface area contributed by atoms with Crippen LogP contribution in [0, 0.1) is 11.8 Å². The van der Waals surface area contributed by atoms with E-state index in [2.05, 4.69) is 24.3 Å². The topological polar surface area (TPSA) is 0 Å². The van der Waals surface area contributed by atoms with Crippen LogP contribution in [0.4, 0.5) is 0 Å². The van der Waals surface area contributed by atoms with E-state index in [1.165, 1.54) is 11.1 Å². The van der Waals surface area contributed by atoms with E-state index in [1.54, 1.807) is 0 Å². The van der Waals surface area contributed by atoms with Gasteiger partial charge < -0.3 is 0 Å². The molecule has 0 heterocycles. The molecule has 2 fully saturated rings. The number of hydrogen-bond donors (Lipinski definition) is 0. The Morgan fingerprint density at radius 2 is 1.07 bits per heavy atom. The van der Waals surface area contributed by atoms with Gasteiger partial charge in [-0.1, -0.05) is 48.6 Å². The van der Waals surface area contributed by atoms with Crippen LogP contribution >= 0.6 is 69.6 Å². The first kappa shape index (κ1) is 20.3. The predicted molar refractivity (Wildman–Crippen MR) is 122 cm³/mol. The van der Waals surface area contributed by atoms with Gasteiger partial charge in [-0.2, -0.15) is 0 Å². The Morgan fingerprint density at radius 1 is 0.679 bits per heavy atom. The van der Waals surface area contributed by atoms with Gasteiger partial charge in [-0.05, 0) is 36.8 Å². The first-order valence-corrected chi connectivity index (χ1v) is 12.0. The van der Waals surface area contributed by atoms with Crippen molar-refractivity contribution in [3.63, 3.8) is 0 Å². The molecule has 5 rings (SSSR count). The maximum atomic E-state index is 6.86. The van der Waals surface area contributed by atoms with E-state index in [1.807, 2.05) is 24.3 Å². The van der Waals surface area contributed by atoms with Gasteiger partial charge in [0.15, 0.2) is 0 Å². The summed E-state index contributed by atoms with van der Waals surface area (Å²) in [5.74, 6) is 0.204. The van der Waals surface area contributed by atoms with Crippen molar-refractivity contribution in [2.45, 2.75) is 55.9 Å². The van der Waals surface area contributed by atoms with Crippen molar-refractivity contribution in [2.75, 3.05) is 0 Å². The summed E-state index contributed by atoms with van der Waals surface area (Å²) >= 11 is 40.5. The fourth-order valence-corrected chi connectivity index (χ4v) is 8.64. The standard InChI is InChI=1S/C22H20Cl6/c23-17-15(19(25)4-6-21(17,27)11-19)9-13-2-1-3-14(8-13)10-16-18(24)22(28)7-5-20(16,26)12-22/h1-8,15-18H,9-12H2. The molecule has 0 aromatic heterocycles. The van der Waals surface area contributed by atoms with Crippen molar-refractivity contribution in [2.24, 2.45) is 11.8 Å². The van der Waals surface area contributed by atoms with Gasteiger partial charge >= 0.3 is 0 Å². The molecule has 6 heteroatoms. The summed E-state index contributed by atoms with van der Waals surface area (Å²) in [6.07, 6.45) is 11.0. The lowest BCUT2D eigenvalue weighted by atomic mass is 9.84. The Bertz CT molecular complexity index is 814. The quantitative estimate of drug-likeness (QED) is 0.308. The van der Waals surface area contributed by atoms with Crippen LogP contribution in [0.2, 0.25) is 0 Å². The third-order valence-electron chi connectivity index (χ3n) is 7.12. The number of alkyl halides is 6. The van der Waals surface area contributed by atoms with E-state index in [-0.39, 0.29) is 22.6 Å². The van der Waals surface area contributed by atoms with Gasteiger partial charge in [-0.3, -0.25) is 0 Å². The second kappa shape index (κ2) is 6.47. The third kappa shape index (κ3) is 2.93.